The minimum Gasteiger partial charge on any atom is -0.439 e. The molecule has 9 nitrogen and oxygen atoms in total. The number of nitrogens with zero attached hydrogens (tertiary/aromatic N) is 5. The van der Waals surface area contributed by atoms with Crippen molar-refractivity contribution in [2.75, 3.05) is 39.4 Å². The Labute approximate surface area is 209 Å². The van der Waals surface area contributed by atoms with Crippen LogP contribution in [0.2, 0.25) is 0 Å². The van der Waals surface area contributed by atoms with Crippen LogP contribution in [0.4, 0.5) is 0 Å². The molecule has 1 amide bonds. The second-order valence-corrected chi connectivity index (χ2v) is 9.28. The number of carbonyl (C=O) groups is 1. The predicted octanol–water partition coefficient (Wildman–Crippen LogP) is 3.49. The summed E-state index contributed by atoms with van der Waals surface area (Å²) >= 11 is 0. The van der Waals surface area contributed by atoms with Crippen molar-refractivity contribution in [1.82, 2.24) is 30.0 Å². The number of piperazine rings is 1. The number of carbonyl (C=O) groups excluding carboxylic acids is 1. The number of hydrogen-bond donors (Lipinski definition) is 1. The lowest BCUT2D eigenvalue weighted by molar-refractivity contribution is -0.137. The molecule has 3 aromatic heterocycles. The van der Waals surface area contributed by atoms with Crippen LogP contribution in [0.5, 0.6) is 11.6 Å². The quantitative estimate of drug-likeness (QED) is 0.447. The van der Waals surface area contributed by atoms with E-state index >= 15 is 0 Å². The second-order valence-electron chi connectivity index (χ2n) is 9.28. The maximum Gasteiger partial charge on any atom is 0.228 e. The monoisotopic (exact) mass is 484 g/mol. The summed E-state index contributed by atoms with van der Waals surface area (Å²) in [6, 6.07) is 15.7. The van der Waals surface area contributed by atoms with Crippen LogP contribution in [0.25, 0.3) is 22.2 Å². The first-order valence-electron chi connectivity index (χ1n) is 12.3. The summed E-state index contributed by atoms with van der Waals surface area (Å²) < 4.78 is 11.3. The fourth-order valence-corrected chi connectivity index (χ4v) is 4.78. The van der Waals surface area contributed by atoms with E-state index in [2.05, 4.69) is 32.2 Å². The van der Waals surface area contributed by atoms with E-state index in [1.807, 2.05) is 41.3 Å². The second kappa shape index (κ2) is 10.0. The van der Waals surface area contributed by atoms with Crippen molar-refractivity contribution in [3.63, 3.8) is 0 Å². The summed E-state index contributed by atoms with van der Waals surface area (Å²) in [4.78, 5) is 26.2. The third-order valence-corrected chi connectivity index (χ3v) is 6.84. The number of ether oxygens (including phenoxy) is 2. The lowest BCUT2D eigenvalue weighted by Crippen LogP contribution is -2.50. The molecule has 1 N–H and O–H groups in total. The first-order valence-corrected chi connectivity index (χ1v) is 12.3. The number of aromatic nitrogens is 4. The van der Waals surface area contributed by atoms with E-state index in [0.29, 0.717) is 24.8 Å². The van der Waals surface area contributed by atoms with E-state index in [4.69, 9.17) is 14.5 Å². The van der Waals surface area contributed by atoms with Crippen molar-refractivity contribution in [2.45, 2.75) is 13.0 Å². The Morgan fingerprint density at radius 3 is 2.75 bits per heavy atom. The summed E-state index contributed by atoms with van der Waals surface area (Å²) in [6.45, 7) is 5.29. The highest BCUT2D eigenvalue weighted by Gasteiger charge is 2.30. The number of hydrogen-bond acceptors (Lipinski definition) is 7. The van der Waals surface area contributed by atoms with Crippen molar-refractivity contribution >= 4 is 16.8 Å². The van der Waals surface area contributed by atoms with Crippen molar-refractivity contribution in [2.24, 2.45) is 5.92 Å². The summed E-state index contributed by atoms with van der Waals surface area (Å²) in [7, 11) is 0. The molecule has 9 heteroatoms. The molecule has 2 fully saturated rings. The van der Waals surface area contributed by atoms with Gasteiger partial charge in [-0.05, 0) is 42.8 Å². The van der Waals surface area contributed by atoms with Gasteiger partial charge in [-0.1, -0.05) is 6.07 Å². The standard InChI is InChI=1S/C27H28N6O3/c34-27(21-8-14-35-18-21)33-12-10-32(11-13-33)17-22-3-1-19-15-23(4-5-24(19)30-22)36-26-6-2-20(16-28-26)25-7-9-29-31-25/h1-7,9,15-16,21H,8,10-14,17-18H2,(H,29,31). The van der Waals surface area contributed by atoms with E-state index < -0.39 is 0 Å². The van der Waals surface area contributed by atoms with Gasteiger partial charge in [0, 0.05) is 68.7 Å². The van der Waals surface area contributed by atoms with Gasteiger partial charge in [-0.3, -0.25) is 19.8 Å². The molecule has 1 unspecified atom stereocenters. The van der Waals surface area contributed by atoms with Crippen LogP contribution >= 0.6 is 0 Å². The third-order valence-electron chi connectivity index (χ3n) is 6.84. The number of amides is 1. The highest BCUT2D eigenvalue weighted by atomic mass is 16.5. The lowest BCUT2D eigenvalue weighted by Gasteiger charge is -2.35. The van der Waals surface area contributed by atoms with E-state index in [9.17, 15) is 4.79 Å². The molecule has 6 rings (SSSR count). The van der Waals surface area contributed by atoms with Gasteiger partial charge in [-0.2, -0.15) is 5.10 Å². The minimum absolute atomic E-state index is 0.0460. The van der Waals surface area contributed by atoms with Gasteiger partial charge in [-0.15, -0.1) is 0 Å². The van der Waals surface area contributed by atoms with Crippen LogP contribution in [-0.2, 0) is 16.1 Å². The summed E-state index contributed by atoms with van der Waals surface area (Å²) in [6.07, 6.45) is 4.32. The molecule has 1 atom stereocenters. The number of rotatable bonds is 6. The van der Waals surface area contributed by atoms with Gasteiger partial charge in [0.2, 0.25) is 11.8 Å². The van der Waals surface area contributed by atoms with Crippen LogP contribution in [-0.4, -0.2) is 75.3 Å². The van der Waals surface area contributed by atoms with E-state index in [0.717, 1.165) is 67.0 Å². The van der Waals surface area contributed by atoms with Crippen LogP contribution < -0.4 is 4.74 Å². The third kappa shape index (κ3) is 4.93. The summed E-state index contributed by atoms with van der Waals surface area (Å²) in [5.41, 5.74) is 3.82. The molecule has 1 aromatic carbocycles. The van der Waals surface area contributed by atoms with Gasteiger partial charge < -0.3 is 14.4 Å². The van der Waals surface area contributed by atoms with Crippen LogP contribution in [0, 0.1) is 5.92 Å². The normalized spacial score (nSPS) is 18.6. The predicted molar refractivity (Wildman–Crippen MR) is 134 cm³/mol. The lowest BCUT2D eigenvalue weighted by atomic mass is 10.1. The van der Waals surface area contributed by atoms with Gasteiger partial charge in [0.05, 0.1) is 29.4 Å². The average Bonchev–Trinajstić information content (AvgIpc) is 3.65. The number of fused-ring (bicyclic) bond motifs is 1. The van der Waals surface area contributed by atoms with Gasteiger partial charge in [-0.25, -0.2) is 4.98 Å². The Balaban J connectivity index is 1.06. The van der Waals surface area contributed by atoms with Gasteiger partial charge in [0.15, 0.2) is 0 Å². The average molecular weight is 485 g/mol. The number of nitrogens with one attached hydrogen (secondary N) is 1. The molecule has 0 aliphatic carbocycles. The zero-order valence-corrected chi connectivity index (χ0v) is 20.0. The largest absolute Gasteiger partial charge is 0.439 e. The zero-order valence-electron chi connectivity index (χ0n) is 20.0. The Morgan fingerprint density at radius 2 is 2.00 bits per heavy atom. The van der Waals surface area contributed by atoms with Gasteiger partial charge >= 0.3 is 0 Å². The molecular weight excluding hydrogens is 456 g/mol. The topological polar surface area (TPSA) is 96.5 Å². The first-order chi connectivity index (χ1) is 17.7. The number of pyridine rings is 2. The Hall–Kier alpha value is -3.82. The van der Waals surface area contributed by atoms with Crippen molar-refractivity contribution < 1.29 is 14.3 Å². The van der Waals surface area contributed by atoms with Crippen LogP contribution in [0.3, 0.4) is 0 Å². The van der Waals surface area contributed by atoms with Gasteiger partial charge in [0.1, 0.15) is 5.75 Å². The van der Waals surface area contributed by atoms with Crippen LogP contribution in [0.1, 0.15) is 12.1 Å². The fraction of sp³-hybridized carbons (Fsp3) is 0.333. The highest BCUT2D eigenvalue weighted by Crippen LogP contribution is 2.26. The molecule has 0 radical (unpaired) electrons. The molecule has 5 heterocycles. The Kier molecular flexibility index (Phi) is 6.31. The van der Waals surface area contributed by atoms with E-state index in [-0.39, 0.29) is 11.8 Å². The van der Waals surface area contributed by atoms with E-state index in [1.165, 1.54) is 0 Å². The fourth-order valence-electron chi connectivity index (χ4n) is 4.78. The molecule has 4 aromatic rings. The zero-order chi connectivity index (χ0) is 24.3. The maximum absolute atomic E-state index is 12.6. The Morgan fingerprint density at radius 1 is 1.08 bits per heavy atom. The molecule has 184 valence electrons. The molecule has 0 bridgehead atoms. The Bertz CT molecular complexity index is 1330. The molecule has 0 saturated carbocycles. The summed E-state index contributed by atoms with van der Waals surface area (Å²) in [5.74, 6) is 1.54. The SMILES string of the molecule is O=C(C1CCOC1)N1CCN(Cc2ccc3cc(Oc4ccc(-c5ccn[nH]5)cn4)ccc3n2)CC1. The molecule has 2 aliphatic heterocycles. The molecule has 2 saturated heterocycles. The van der Waals surface area contributed by atoms with Crippen molar-refractivity contribution in [3.8, 4) is 22.9 Å². The maximum atomic E-state index is 12.6. The molecule has 36 heavy (non-hydrogen) atoms. The number of aromatic amines is 1. The smallest absolute Gasteiger partial charge is 0.228 e. The molecule has 2 aliphatic rings. The van der Waals surface area contributed by atoms with E-state index in [1.54, 1.807) is 12.4 Å². The molecule has 0 spiro atoms. The van der Waals surface area contributed by atoms with Crippen molar-refractivity contribution in [1.29, 1.82) is 0 Å². The highest BCUT2D eigenvalue weighted by molar-refractivity contribution is 5.80. The van der Waals surface area contributed by atoms with Gasteiger partial charge in [0.25, 0.3) is 0 Å². The first kappa shape index (κ1) is 22.6. The summed E-state index contributed by atoms with van der Waals surface area (Å²) in [5, 5.41) is 7.91. The van der Waals surface area contributed by atoms with Crippen molar-refractivity contribution in [3.05, 3.63) is 66.6 Å². The van der Waals surface area contributed by atoms with Crippen LogP contribution in [0.15, 0.2) is 60.9 Å². The minimum atomic E-state index is 0.0460. The molecular formula is C27H28N6O3. The number of benzene rings is 1. The number of H-pyrrole nitrogens is 1.